The van der Waals surface area contributed by atoms with Crippen LogP contribution in [0.3, 0.4) is 0 Å². The molecule has 0 saturated carbocycles. The Morgan fingerprint density at radius 3 is 1.15 bits per heavy atom. The van der Waals surface area contributed by atoms with Gasteiger partial charge >= 0.3 is 70.9 Å². The van der Waals surface area contributed by atoms with Gasteiger partial charge in [0.1, 0.15) is 11.5 Å². The van der Waals surface area contributed by atoms with Gasteiger partial charge in [-0.15, -0.1) is 0 Å². The van der Waals surface area contributed by atoms with Crippen LogP contribution >= 0.6 is 133 Å². The summed E-state index contributed by atoms with van der Waals surface area (Å²) >= 11 is 40.3. The number of anilines is 9. The number of rotatable bonds is 19. The van der Waals surface area contributed by atoms with Crippen molar-refractivity contribution in [1.82, 2.24) is 98.9 Å². The van der Waals surface area contributed by atoms with E-state index in [2.05, 4.69) is 185 Å². The normalized spacial score (nSPS) is 22.0. The van der Waals surface area contributed by atoms with Gasteiger partial charge in [-0.25, -0.2) is 54.0 Å². The average molecular weight is 2540 g/mol. The van der Waals surface area contributed by atoms with E-state index >= 15 is 4.39 Å². The third kappa shape index (κ3) is 31.7. The minimum atomic E-state index is -3.26. The van der Waals surface area contributed by atoms with E-state index in [1.165, 1.54) is 6.42 Å². The monoisotopic (exact) mass is 2530 g/mol. The van der Waals surface area contributed by atoms with Crippen LogP contribution in [0.1, 0.15) is 196 Å². The number of halogens is 14. The van der Waals surface area contributed by atoms with Crippen LogP contribution in [-0.2, 0) is 48.9 Å². The average Bonchev–Trinajstić information content (AvgIpc) is 0.913. The summed E-state index contributed by atoms with van der Waals surface area (Å²) in [6, 6.07) is 7.88. The molecule has 10 N–H and O–H groups in total. The fraction of sp³-hybridized carbons (Fsp3) is 0.610. The van der Waals surface area contributed by atoms with Crippen LogP contribution in [0.25, 0.3) is 5.57 Å². The number of nitrogens with two attached hydrogens (primary N) is 1. The molecule has 0 amide bonds. The third-order valence-corrected chi connectivity index (χ3v) is 31.2. The van der Waals surface area contributed by atoms with E-state index in [0.717, 1.165) is 92.5 Å². The number of piperidine rings is 6. The number of fused-ring (bicyclic) bond motifs is 6. The van der Waals surface area contributed by atoms with Gasteiger partial charge in [-0.2, -0.15) is 62.0 Å². The number of ether oxygens (including phenoxy) is 2. The number of sulfonamides is 3. The van der Waals surface area contributed by atoms with Crippen molar-refractivity contribution >= 4 is 229 Å². The number of hydrogen-bond donors (Lipinski definition) is 9. The summed E-state index contributed by atoms with van der Waals surface area (Å²) in [6.45, 7) is 22.8. The van der Waals surface area contributed by atoms with E-state index in [0.29, 0.717) is 86.3 Å². The Balaban J connectivity index is 0.000000226. The number of aryl methyl sites for hydroxylation is 4. The molecule has 17 heterocycles. The summed E-state index contributed by atoms with van der Waals surface area (Å²) in [7, 11) is -4.37. The van der Waals surface area contributed by atoms with E-state index in [9.17, 15) is 38.4 Å². The molecule has 9 atom stereocenters. The molecule has 6 bridgehead atoms. The van der Waals surface area contributed by atoms with Crippen LogP contribution in [-0.4, -0.2) is 256 Å². The van der Waals surface area contributed by atoms with Gasteiger partial charge in [0.05, 0.1) is 54.9 Å². The van der Waals surface area contributed by atoms with Crippen LogP contribution in [0.4, 0.5) is 70.2 Å². The quantitative estimate of drug-likeness (QED) is 0.0119. The molecule has 760 valence electrons. The molecular formula is C82H123BCl6F4I4N26O10S3. The van der Waals surface area contributed by atoms with E-state index < -0.39 is 53.3 Å². The predicted molar refractivity (Wildman–Crippen MR) is 569 cm³/mol. The molecule has 3 unspecified atom stereocenters. The van der Waals surface area contributed by atoms with Crippen LogP contribution in [0.5, 0.6) is 0 Å². The molecule has 9 aliphatic rings. The second-order valence-corrected chi connectivity index (χ2v) is 91.0. The second-order valence-electron chi connectivity index (χ2n) is 33.6. The van der Waals surface area contributed by atoms with Crippen molar-refractivity contribution in [1.29, 1.82) is 0 Å². The summed E-state index contributed by atoms with van der Waals surface area (Å²) in [4.78, 5) is 35.2. The van der Waals surface area contributed by atoms with Crippen molar-refractivity contribution in [2.45, 2.75) is 260 Å². The first-order valence-corrected chi connectivity index (χ1v) is 68.7. The van der Waals surface area contributed by atoms with Crippen molar-refractivity contribution in [2.24, 2.45) is 0 Å². The number of aromatic amines is 4. The predicted octanol–water partition coefficient (Wildman–Crippen LogP) is 19.7. The van der Waals surface area contributed by atoms with Gasteiger partial charge in [0.25, 0.3) is 0 Å². The van der Waals surface area contributed by atoms with Gasteiger partial charge in [0.15, 0.2) is 67.2 Å². The Bertz CT molecular complexity index is 5600. The molecule has 0 radical (unpaired) electrons. The van der Waals surface area contributed by atoms with Crippen molar-refractivity contribution in [3.05, 3.63) is 125 Å². The number of nitrogens with one attached hydrogen (secondary N) is 8. The summed E-state index contributed by atoms with van der Waals surface area (Å²) in [6.07, 6.45) is 17.3. The third-order valence-electron chi connectivity index (χ3n) is 23.9. The number of aromatic nitrogens is 16. The Kier molecular flexibility index (Phi) is 45.9. The first-order valence-electron chi connectivity index (χ1n) is 42.8. The first-order chi connectivity index (χ1) is 62.6. The Morgan fingerprint density at radius 2 is 0.824 bits per heavy atom. The molecule has 54 heteroatoms. The van der Waals surface area contributed by atoms with E-state index in [-0.39, 0.29) is 181 Å². The van der Waals surface area contributed by atoms with Crippen LogP contribution in [0.2, 0.25) is 31.2 Å². The van der Waals surface area contributed by atoms with Crippen LogP contribution < -0.4 is 36.8 Å². The Labute approximate surface area is 861 Å². The molecule has 0 spiro atoms. The molecule has 136 heavy (non-hydrogen) atoms. The molecule has 0 aliphatic carbocycles. The van der Waals surface area contributed by atoms with Gasteiger partial charge in [-0.1, -0.05) is 100 Å². The molecule has 8 aromatic heterocycles. The van der Waals surface area contributed by atoms with Gasteiger partial charge in [-0.05, 0) is 189 Å². The van der Waals surface area contributed by atoms with Crippen molar-refractivity contribution < 1.29 is 61.6 Å². The van der Waals surface area contributed by atoms with Gasteiger partial charge < -0.3 is 55.6 Å². The molecule has 8 aromatic rings. The number of nitrogen functional groups attached to an aromatic ring is 1. The molecule has 36 nitrogen and oxygen atoms in total. The summed E-state index contributed by atoms with van der Waals surface area (Å²) < 4.78 is 159. The zero-order valence-electron chi connectivity index (χ0n) is 75.6. The Morgan fingerprint density at radius 1 is 0.493 bits per heavy atom. The molecule has 7 saturated heterocycles. The summed E-state index contributed by atoms with van der Waals surface area (Å²) in [5.74, 6) is -0.0587. The van der Waals surface area contributed by atoms with Crippen molar-refractivity contribution in [2.75, 3.05) is 96.3 Å². The van der Waals surface area contributed by atoms with E-state index in [4.69, 9.17) is 94.1 Å². The van der Waals surface area contributed by atoms with Gasteiger partial charge in [0, 0.05) is 121 Å². The topological polar surface area (TPSA) is 448 Å². The zero-order valence-corrected chi connectivity index (χ0v) is 91.2. The van der Waals surface area contributed by atoms with Gasteiger partial charge in [0.2, 0.25) is 64.2 Å². The Hall–Kier alpha value is -4.59. The summed E-state index contributed by atoms with van der Waals surface area (Å²) in [5.41, 5.74) is 10.2. The molecule has 9 aliphatic heterocycles. The molecular weight excluding hydrogens is 2410 g/mol. The van der Waals surface area contributed by atoms with Crippen LogP contribution in [0, 0.1) is 51.0 Å². The maximum absolute atomic E-state index is 15.5. The van der Waals surface area contributed by atoms with E-state index in [1.807, 2.05) is 75.1 Å². The number of nitrogens with zero attached hydrogens (tertiary/aromatic N) is 17. The standard InChI is InChI=1S/C23H32FN7O3S.C19H27ClFN7O2S.C11H22N2O2S.C10H17BO3.C8H6Cl2FN5.C4Cl3FN2.C4H7N3.3CH4.I4/c1-4-35(32,33)31-16-6-5-7-17(31)12-18(11-16)30(3)23-26-21(15-8-9-34-13-15)20(24)22(27-23)25-19-10-14(2)28-29-19;1-4-31(29,30)28-12-6-5-7-13(28)10-14(9-12)27(3)19-23-17(20)16(21)18(24-19)22-15-8-11(2)25-26-15;1-3-16(14,15)13-10-5-4-6-11(13)8-9(7-10)12-2;1-9(2)10(3,4)14-11(13-9)8-5-6-12-7-8;1-3-2-4(16-15-3)12-7-5(11)6(9)13-8(10)14-7;5-2-1(8)3(6)10-4(7)9-2;1-3-2-4(5)7-6-3;;;;1-4(2)3/h8,10,16-18H,4-7,9,11-13H2,1-3H3,(H2,25,26,27,28,29);8,12-14H,4-7,9-10H2,1-3H3,(H2,22,23,24,25,26);9-12H,3-8H2,1-2H3;5H,6-7H2,1-4H3;2H,1H3,(H2,12,13,14,15,16);;2H,1H3,(H3,5,6,7);3*1H4;/t16-,17+,18?;12-,13+,14?;9?,10-,11+;;;;;;;;. The SMILES string of the molecule is C.C.C.CC1(C)OB(C2=CCOC2)OC1(C)C.CCS(=O)(=O)N1[C@@H]2CCC[C@H]1CC(N(C)c1nc(Cl)c(F)c(Nc3cc(C)[nH]n3)n1)C2.CCS(=O)(=O)N1[C@@H]2CCC[C@H]1CC(N(C)c1nc(Nc3cc(C)[nH]n3)c(F)c(C3=CCOC3)n1)C2.CCS(=O)(=O)N1[C@@H]2CCC[C@H]1CC(NC)C2.Cc1cc(N)n[nH]1.Cc1cc(Nc2nc(Cl)nc(Cl)c2F)n[nH]1.Fc1c(Cl)nc(Cl)nc1Cl.II(I)I. The second kappa shape index (κ2) is 52.8. The maximum atomic E-state index is 15.5. The molecule has 7 fully saturated rings. The number of hydrogen-bond acceptors (Lipinski definition) is 29. The van der Waals surface area contributed by atoms with Gasteiger partial charge in [-0.3, -0.25) is 20.4 Å². The fourth-order valence-electron chi connectivity index (χ4n) is 16.7. The molecule has 17 rings (SSSR count). The number of H-pyrrole nitrogens is 4. The summed E-state index contributed by atoms with van der Waals surface area (Å²) in [5, 5.41) is 36.8. The minimum absolute atomic E-state index is 0. The molecule has 0 aromatic carbocycles. The van der Waals surface area contributed by atoms with E-state index in [1.54, 1.807) is 53.6 Å². The first kappa shape index (κ1) is 118. The van der Waals surface area contributed by atoms with Crippen LogP contribution in [0.15, 0.2) is 41.9 Å². The van der Waals surface area contributed by atoms with Crippen molar-refractivity contribution in [3.63, 3.8) is 0 Å². The van der Waals surface area contributed by atoms with Crippen molar-refractivity contribution in [3.8, 4) is 0 Å². The zero-order chi connectivity index (χ0) is 97.5. The fourth-order valence-corrected chi connectivity index (χ4v) is 22.7.